The molecule has 0 saturated heterocycles. The molecule has 0 atom stereocenters. The van der Waals surface area contributed by atoms with E-state index in [2.05, 4.69) is 10.1 Å². The first-order chi connectivity index (χ1) is 12.4. The average Bonchev–Trinajstić information content (AvgIpc) is 2.60. The minimum atomic E-state index is -1.28. The highest BCUT2D eigenvalue weighted by Gasteiger charge is 2.19. The number of carbonyl (C=O) groups excluding carboxylic acids is 3. The SMILES string of the molecule is CCOC(=O)c1ccc(NC(=O)COC(=O)c2c(F)cccc2F)cc1. The number of esters is 2. The molecule has 2 aromatic rings. The van der Waals surface area contributed by atoms with Crippen molar-refractivity contribution < 1.29 is 32.6 Å². The lowest BCUT2D eigenvalue weighted by Gasteiger charge is -2.08. The molecule has 2 aromatic carbocycles. The first-order valence-corrected chi connectivity index (χ1v) is 7.60. The fourth-order valence-corrected chi connectivity index (χ4v) is 2.00. The first-order valence-electron chi connectivity index (χ1n) is 7.60. The molecule has 0 saturated carbocycles. The number of nitrogens with one attached hydrogen (secondary N) is 1. The minimum Gasteiger partial charge on any atom is -0.462 e. The van der Waals surface area contributed by atoms with E-state index in [0.29, 0.717) is 11.3 Å². The molecule has 0 heterocycles. The van der Waals surface area contributed by atoms with Gasteiger partial charge in [0.1, 0.15) is 17.2 Å². The Bertz CT molecular complexity index is 801. The van der Waals surface area contributed by atoms with Gasteiger partial charge in [-0.15, -0.1) is 0 Å². The summed E-state index contributed by atoms with van der Waals surface area (Å²) in [5.41, 5.74) is -0.207. The Morgan fingerprint density at radius 3 is 2.12 bits per heavy atom. The van der Waals surface area contributed by atoms with Crippen molar-refractivity contribution >= 4 is 23.5 Å². The van der Waals surface area contributed by atoms with Crippen molar-refractivity contribution in [3.05, 3.63) is 65.2 Å². The molecule has 0 aromatic heterocycles. The van der Waals surface area contributed by atoms with Gasteiger partial charge in [0.15, 0.2) is 6.61 Å². The van der Waals surface area contributed by atoms with Gasteiger partial charge in [-0.2, -0.15) is 0 Å². The number of amides is 1. The van der Waals surface area contributed by atoms with Crippen LogP contribution in [0.2, 0.25) is 0 Å². The number of halogens is 2. The van der Waals surface area contributed by atoms with Crippen LogP contribution in [-0.2, 0) is 14.3 Å². The molecule has 1 N–H and O–H groups in total. The molecule has 2 rings (SSSR count). The van der Waals surface area contributed by atoms with Gasteiger partial charge in [-0.3, -0.25) is 4.79 Å². The lowest BCUT2D eigenvalue weighted by molar-refractivity contribution is -0.119. The second-order valence-corrected chi connectivity index (χ2v) is 5.02. The number of hydrogen-bond acceptors (Lipinski definition) is 5. The molecule has 0 bridgehead atoms. The highest BCUT2D eigenvalue weighted by atomic mass is 19.1. The van der Waals surface area contributed by atoms with Gasteiger partial charge in [-0.25, -0.2) is 18.4 Å². The summed E-state index contributed by atoms with van der Waals surface area (Å²) in [4.78, 5) is 35.0. The van der Waals surface area contributed by atoms with Crippen LogP contribution in [0.5, 0.6) is 0 Å². The van der Waals surface area contributed by atoms with Crippen LogP contribution in [0.4, 0.5) is 14.5 Å². The molecule has 0 aliphatic rings. The molecule has 26 heavy (non-hydrogen) atoms. The Morgan fingerprint density at radius 1 is 0.923 bits per heavy atom. The van der Waals surface area contributed by atoms with Gasteiger partial charge < -0.3 is 14.8 Å². The maximum absolute atomic E-state index is 13.5. The predicted octanol–water partition coefficient (Wildman–Crippen LogP) is 2.94. The molecule has 6 nitrogen and oxygen atoms in total. The van der Waals surface area contributed by atoms with Gasteiger partial charge >= 0.3 is 11.9 Å². The lowest BCUT2D eigenvalue weighted by Crippen LogP contribution is -2.22. The van der Waals surface area contributed by atoms with E-state index in [9.17, 15) is 23.2 Å². The zero-order chi connectivity index (χ0) is 19.1. The Morgan fingerprint density at radius 2 is 1.54 bits per heavy atom. The zero-order valence-electron chi connectivity index (χ0n) is 13.8. The topological polar surface area (TPSA) is 81.7 Å². The summed E-state index contributed by atoms with van der Waals surface area (Å²) < 4.78 is 36.3. The molecule has 0 unspecified atom stereocenters. The molecule has 1 amide bonds. The van der Waals surface area contributed by atoms with Crippen molar-refractivity contribution in [2.45, 2.75) is 6.92 Å². The largest absolute Gasteiger partial charge is 0.462 e. The normalized spacial score (nSPS) is 10.1. The Balaban J connectivity index is 1.91. The van der Waals surface area contributed by atoms with Gasteiger partial charge in [0.2, 0.25) is 0 Å². The van der Waals surface area contributed by atoms with Gasteiger partial charge in [-0.05, 0) is 43.3 Å². The summed E-state index contributed by atoms with van der Waals surface area (Å²) >= 11 is 0. The summed E-state index contributed by atoms with van der Waals surface area (Å²) in [6, 6.07) is 8.75. The lowest BCUT2D eigenvalue weighted by atomic mass is 10.2. The van der Waals surface area contributed by atoms with E-state index < -0.39 is 41.7 Å². The molecular formula is C18H15F2NO5. The van der Waals surface area contributed by atoms with Crippen molar-refractivity contribution in [1.29, 1.82) is 0 Å². The van der Waals surface area contributed by atoms with Crippen molar-refractivity contribution in [3.63, 3.8) is 0 Å². The van der Waals surface area contributed by atoms with E-state index in [-0.39, 0.29) is 6.61 Å². The Hall–Kier alpha value is -3.29. The second-order valence-electron chi connectivity index (χ2n) is 5.02. The molecule has 136 valence electrons. The van der Waals surface area contributed by atoms with E-state index in [1.807, 2.05) is 0 Å². The number of ether oxygens (including phenoxy) is 2. The van der Waals surface area contributed by atoms with Crippen molar-refractivity contribution in [2.24, 2.45) is 0 Å². The summed E-state index contributed by atoms with van der Waals surface area (Å²) in [6.45, 7) is 1.19. The highest BCUT2D eigenvalue weighted by molar-refractivity contribution is 5.96. The third kappa shape index (κ3) is 4.85. The Kier molecular flexibility index (Phi) is 6.37. The smallest absolute Gasteiger partial charge is 0.344 e. The summed E-state index contributed by atoms with van der Waals surface area (Å²) in [6.07, 6.45) is 0. The maximum Gasteiger partial charge on any atom is 0.344 e. The predicted molar refractivity (Wildman–Crippen MR) is 87.7 cm³/mol. The van der Waals surface area contributed by atoms with Crippen molar-refractivity contribution in [2.75, 3.05) is 18.5 Å². The number of hydrogen-bond donors (Lipinski definition) is 1. The monoisotopic (exact) mass is 363 g/mol. The van der Waals surface area contributed by atoms with Gasteiger partial charge in [0, 0.05) is 5.69 Å². The maximum atomic E-state index is 13.5. The second kappa shape index (κ2) is 8.70. The molecule has 0 spiro atoms. The molecular weight excluding hydrogens is 348 g/mol. The third-order valence-corrected chi connectivity index (χ3v) is 3.18. The minimum absolute atomic E-state index is 0.241. The number of rotatable bonds is 6. The zero-order valence-corrected chi connectivity index (χ0v) is 13.8. The number of carbonyl (C=O) groups is 3. The van der Waals surface area contributed by atoms with Crippen LogP contribution < -0.4 is 5.32 Å². The molecule has 8 heteroatoms. The fraction of sp³-hybridized carbons (Fsp3) is 0.167. The van der Waals surface area contributed by atoms with Crippen LogP contribution >= 0.6 is 0 Å². The van der Waals surface area contributed by atoms with Crippen LogP contribution in [0.3, 0.4) is 0 Å². The van der Waals surface area contributed by atoms with E-state index in [0.717, 1.165) is 18.2 Å². The first kappa shape index (κ1) is 19.0. The van der Waals surface area contributed by atoms with Gasteiger partial charge in [0.05, 0.1) is 12.2 Å². The van der Waals surface area contributed by atoms with E-state index >= 15 is 0 Å². The highest BCUT2D eigenvalue weighted by Crippen LogP contribution is 2.14. The van der Waals surface area contributed by atoms with E-state index in [1.54, 1.807) is 6.92 Å². The van der Waals surface area contributed by atoms with Crippen LogP contribution in [0.1, 0.15) is 27.6 Å². The Labute approximate surface area is 147 Å². The molecule has 0 fully saturated rings. The van der Waals surface area contributed by atoms with Crippen LogP contribution in [0, 0.1) is 11.6 Å². The standard InChI is InChI=1S/C18H15F2NO5/c1-2-25-17(23)11-6-8-12(9-7-11)21-15(22)10-26-18(24)16-13(19)4-3-5-14(16)20/h3-9H,2,10H2,1H3,(H,21,22). The van der Waals surface area contributed by atoms with Crippen molar-refractivity contribution in [1.82, 2.24) is 0 Å². The van der Waals surface area contributed by atoms with E-state index in [4.69, 9.17) is 4.74 Å². The van der Waals surface area contributed by atoms with Crippen LogP contribution in [0.15, 0.2) is 42.5 Å². The fourth-order valence-electron chi connectivity index (χ4n) is 2.00. The van der Waals surface area contributed by atoms with Gasteiger partial charge in [0.25, 0.3) is 5.91 Å². The summed E-state index contributed by atoms with van der Waals surface area (Å²) in [5.74, 6) is -4.64. The van der Waals surface area contributed by atoms with Gasteiger partial charge in [-0.1, -0.05) is 6.07 Å². The molecule has 0 radical (unpaired) electrons. The summed E-state index contributed by atoms with van der Waals surface area (Å²) in [7, 11) is 0. The summed E-state index contributed by atoms with van der Waals surface area (Å²) in [5, 5.41) is 2.42. The van der Waals surface area contributed by atoms with Crippen LogP contribution in [-0.4, -0.2) is 31.1 Å². The molecule has 0 aliphatic carbocycles. The average molecular weight is 363 g/mol. The molecule has 0 aliphatic heterocycles. The van der Waals surface area contributed by atoms with Crippen molar-refractivity contribution in [3.8, 4) is 0 Å². The number of anilines is 1. The van der Waals surface area contributed by atoms with Crippen LogP contribution in [0.25, 0.3) is 0 Å². The quantitative estimate of drug-likeness (QED) is 0.798. The van der Waals surface area contributed by atoms with E-state index in [1.165, 1.54) is 24.3 Å². The number of benzene rings is 2. The third-order valence-electron chi connectivity index (χ3n) is 3.18.